The van der Waals surface area contributed by atoms with Crippen LogP contribution in [0.4, 0.5) is 17.1 Å². The second-order valence-electron chi connectivity index (χ2n) is 16.1. The molecule has 1 aliphatic rings. The SMILES string of the molecule is CC1(C)c2ccccc2-c2ccc(N(c3ccc(-c4ccccc4)cc3)c3cccc(-c4cc(-c5ccccc5)ccc4-c4ccc5c(c4)oc4ccccc45)c3)cc21. The highest BCUT2D eigenvalue weighted by Gasteiger charge is 2.35. The Labute approximate surface area is 345 Å². The maximum Gasteiger partial charge on any atom is 0.136 e. The molecule has 59 heavy (non-hydrogen) atoms. The topological polar surface area (TPSA) is 16.4 Å². The standard InChI is InChI=1S/C57H41NO/c1-57(2)53-22-11-9-20-48(53)49-33-30-46(37-54(49)57)58(44-28-24-40(25-29-44)38-14-5-3-6-15-38)45-19-13-18-42(34-45)52-35-41(39-16-7-4-8-17-39)26-31-47(52)43-27-32-51-50-21-10-12-23-55(50)59-56(51)36-43/h3-37H,1-2H3. The summed E-state index contributed by atoms with van der Waals surface area (Å²) >= 11 is 0. The maximum atomic E-state index is 6.40. The van der Waals surface area contributed by atoms with Gasteiger partial charge in [-0.3, -0.25) is 0 Å². The number of benzene rings is 9. The van der Waals surface area contributed by atoms with Gasteiger partial charge in [0.15, 0.2) is 0 Å². The molecule has 2 heteroatoms. The zero-order valence-electron chi connectivity index (χ0n) is 33.1. The Balaban J connectivity index is 1.08. The van der Waals surface area contributed by atoms with E-state index in [1.165, 1.54) is 44.5 Å². The van der Waals surface area contributed by atoms with Crippen LogP contribution in [-0.2, 0) is 5.41 Å². The zero-order valence-corrected chi connectivity index (χ0v) is 33.1. The Morgan fingerprint density at radius 1 is 0.322 bits per heavy atom. The highest BCUT2D eigenvalue weighted by Crippen LogP contribution is 2.51. The van der Waals surface area contributed by atoms with Crippen LogP contribution in [0.3, 0.4) is 0 Å². The van der Waals surface area contributed by atoms with Crippen molar-refractivity contribution in [3.8, 4) is 55.6 Å². The molecule has 0 aliphatic heterocycles. The third kappa shape index (κ3) is 5.96. The number of rotatable bonds is 7. The van der Waals surface area contributed by atoms with Gasteiger partial charge < -0.3 is 9.32 Å². The van der Waals surface area contributed by atoms with Crippen LogP contribution >= 0.6 is 0 Å². The molecule has 0 fully saturated rings. The summed E-state index contributed by atoms with van der Waals surface area (Å²) in [5.41, 5.74) is 19.7. The summed E-state index contributed by atoms with van der Waals surface area (Å²) in [4.78, 5) is 2.42. The fraction of sp³-hybridized carbons (Fsp3) is 0.0526. The second-order valence-corrected chi connectivity index (χ2v) is 16.1. The Hall–Kier alpha value is -7.42. The number of hydrogen-bond donors (Lipinski definition) is 0. The summed E-state index contributed by atoms with van der Waals surface area (Å²) in [6, 6.07) is 77.0. The van der Waals surface area contributed by atoms with Crippen LogP contribution in [0.15, 0.2) is 217 Å². The molecule has 0 radical (unpaired) electrons. The lowest BCUT2D eigenvalue weighted by Crippen LogP contribution is -2.16. The molecule has 1 aliphatic carbocycles. The van der Waals surface area contributed by atoms with Crippen LogP contribution in [0.25, 0.3) is 77.6 Å². The van der Waals surface area contributed by atoms with E-state index in [2.05, 4.69) is 219 Å². The number of anilines is 3. The monoisotopic (exact) mass is 755 g/mol. The van der Waals surface area contributed by atoms with Crippen molar-refractivity contribution in [3.05, 3.63) is 223 Å². The summed E-state index contributed by atoms with van der Waals surface area (Å²) in [6.07, 6.45) is 0. The van der Waals surface area contributed by atoms with Crippen LogP contribution < -0.4 is 4.90 Å². The van der Waals surface area contributed by atoms with Crippen molar-refractivity contribution in [2.24, 2.45) is 0 Å². The molecular weight excluding hydrogens is 715 g/mol. The molecular formula is C57H41NO. The van der Waals surface area contributed by atoms with E-state index in [0.29, 0.717) is 0 Å². The van der Waals surface area contributed by atoms with Gasteiger partial charge in [0, 0.05) is 33.2 Å². The Kier molecular flexibility index (Phi) is 8.20. The molecule has 0 atom stereocenters. The lowest BCUT2D eigenvalue weighted by Gasteiger charge is -2.29. The fourth-order valence-electron chi connectivity index (χ4n) is 9.26. The van der Waals surface area contributed by atoms with E-state index in [1.807, 2.05) is 12.1 Å². The van der Waals surface area contributed by atoms with Crippen LogP contribution in [0, 0.1) is 0 Å². The summed E-state index contributed by atoms with van der Waals surface area (Å²) in [6.45, 7) is 4.70. The maximum absolute atomic E-state index is 6.40. The lowest BCUT2D eigenvalue weighted by atomic mass is 9.82. The van der Waals surface area contributed by atoms with Crippen molar-refractivity contribution in [2.45, 2.75) is 19.3 Å². The predicted molar refractivity (Wildman–Crippen MR) is 248 cm³/mol. The van der Waals surface area contributed by atoms with Gasteiger partial charge in [-0.25, -0.2) is 0 Å². The highest BCUT2D eigenvalue weighted by molar-refractivity contribution is 6.06. The van der Waals surface area contributed by atoms with E-state index >= 15 is 0 Å². The summed E-state index contributed by atoms with van der Waals surface area (Å²) in [5, 5.41) is 2.26. The summed E-state index contributed by atoms with van der Waals surface area (Å²) < 4.78 is 6.40. The first-order valence-electron chi connectivity index (χ1n) is 20.4. The van der Waals surface area contributed by atoms with Crippen molar-refractivity contribution < 1.29 is 4.42 Å². The van der Waals surface area contributed by atoms with Crippen LogP contribution in [0.2, 0.25) is 0 Å². The van der Waals surface area contributed by atoms with Crippen molar-refractivity contribution >= 4 is 39.0 Å². The van der Waals surface area contributed by atoms with Gasteiger partial charge in [-0.05, 0) is 127 Å². The molecule has 0 saturated carbocycles. The number of para-hydroxylation sites is 1. The van der Waals surface area contributed by atoms with E-state index < -0.39 is 0 Å². The van der Waals surface area contributed by atoms with Crippen LogP contribution in [0.5, 0.6) is 0 Å². The molecule has 0 spiro atoms. The van der Waals surface area contributed by atoms with Gasteiger partial charge in [0.1, 0.15) is 11.2 Å². The first kappa shape index (κ1) is 34.8. The van der Waals surface area contributed by atoms with Gasteiger partial charge in [0.25, 0.3) is 0 Å². The third-order valence-corrected chi connectivity index (χ3v) is 12.3. The van der Waals surface area contributed by atoms with Crippen molar-refractivity contribution in [1.29, 1.82) is 0 Å². The number of fused-ring (bicyclic) bond motifs is 6. The zero-order chi connectivity index (χ0) is 39.5. The molecule has 11 rings (SSSR count). The average Bonchev–Trinajstić information content (AvgIpc) is 3.78. The molecule has 10 aromatic rings. The predicted octanol–water partition coefficient (Wildman–Crippen LogP) is 16.0. The van der Waals surface area contributed by atoms with Gasteiger partial charge in [-0.15, -0.1) is 0 Å². The third-order valence-electron chi connectivity index (χ3n) is 12.3. The van der Waals surface area contributed by atoms with E-state index in [-0.39, 0.29) is 5.41 Å². The van der Waals surface area contributed by atoms with Crippen molar-refractivity contribution in [3.63, 3.8) is 0 Å². The number of furan rings is 1. The molecule has 0 amide bonds. The molecule has 2 nitrogen and oxygen atoms in total. The molecule has 9 aromatic carbocycles. The van der Waals surface area contributed by atoms with Crippen molar-refractivity contribution in [2.75, 3.05) is 4.90 Å². The summed E-state index contributed by atoms with van der Waals surface area (Å²) in [5.74, 6) is 0. The van der Waals surface area contributed by atoms with E-state index in [0.717, 1.165) is 61.3 Å². The van der Waals surface area contributed by atoms with E-state index in [4.69, 9.17) is 4.42 Å². The van der Waals surface area contributed by atoms with Gasteiger partial charge >= 0.3 is 0 Å². The normalized spacial score (nSPS) is 12.7. The first-order valence-corrected chi connectivity index (χ1v) is 20.4. The van der Waals surface area contributed by atoms with Gasteiger partial charge in [-0.2, -0.15) is 0 Å². The van der Waals surface area contributed by atoms with Crippen LogP contribution in [-0.4, -0.2) is 0 Å². The van der Waals surface area contributed by atoms with Crippen molar-refractivity contribution in [1.82, 2.24) is 0 Å². The quantitative estimate of drug-likeness (QED) is 0.161. The Morgan fingerprint density at radius 2 is 0.881 bits per heavy atom. The minimum absolute atomic E-state index is 0.125. The molecule has 0 unspecified atom stereocenters. The second kappa shape index (κ2) is 13.9. The molecule has 280 valence electrons. The van der Waals surface area contributed by atoms with Gasteiger partial charge in [0.2, 0.25) is 0 Å². The highest BCUT2D eigenvalue weighted by atomic mass is 16.3. The smallest absolute Gasteiger partial charge is 0.136 e. The van der Waals surface area contributed by atoms with Gasteiger partial charge in [0.05, 0.1) is 0 Å². The largest absolute Gasteiger partial charge is 0.456 e. The summed E-state index contributed by atoms with van der Waals surface area (Å²) in [7, 11) is 0. The van der Waals surface area contributed by atoms with Gasteiger partial charge in [-0.1, -0.05) is 166 Å². The van der Waals surface area contributed by atoms with E-state index in [1.54, 1.807) is 0 Å². The molecule has 1 heterocycles. The number of nitrogens with zero attached hydrogens (tertiary/aromatic N) is 1. The Morgan fingerprint density at radius 3 is 1.69 bits per heavy atom. The molecule has 0 N–H and O–H groups in total. The fourth-order valence-corrected chi connectivity index (χ4v) is 9.26. The molecule has 1 aromatic heterocycles. The lowest BCUT2D eigenvalue weighted by molar-refractivity contribution is 0.660. The first-order chi connectivity index (χ1) is 29.0. The van der Waals surface area contributed by atoms with E-state index in [9.17, 15) is 0 Å². The molecule has 0 saturated heterocycles. The number of hydrogen-bond acceptors (Lipinski definition) is 2. The Bertz CT molecular complexity index is 3170. The average molecular weight is 756 g/mol. The molecule has 0 bridgehead atoms. The van der Waals surface area contributed by atoms with Crippen LogP contribution in [0.1, 0.15) is 25.0 Å². The minimum Gasteiger partial charge on any atom is -0.456 e. The minimum atomic E-state index is -0.125.